The molecule has 31 heavy (non-hydrogen) atoms. The summed E-state index contributed by atoms with van der Waals surface area (Å²) < 4.78 is 2.21. The molecule has 3 aromatic rings. The third-order valence-corrected chi connectivity index (χ3v) is 7.22. The smallest absolute Gasteiger partial charge is 0.303 e. The van der Waals surface area contributed by atoms with E-state index in [-0.39, 0.29) is 12.3 Å². The first-order valence-electron chi connectivity index (χ1n) is 10.4. The zero-order valence-corrected chi connectivity index (χ0v) is 19.3. The predicted octanol–water partition coefficient (Wildman–Crippen LogP) is 4.97. The number of hydrogen-bond acceptors (Lipinski definition) is 4. The maximum atomic E-state index is 13.0. The minimum absolute atomic E-state index is 0.0632. The number of fused-ring (bicyclic) bond motifs is 3. The molecule has 0 radical (unpaired) electrons. The molecule has 0 fully saturated rings. The molecule has 0 aliphatic carbocycles. The van der Waals surface area contributed by atoms with Crippen molar-refractivity contribution in [3.63, 3.8) is 0 Å². The number of aliphatic carboxylic acids is 1. The maximum Gasteiger partial charge on any atom is 0.303 e. The molecule has 0 unspecified atom stereocenters. The van der Waals surface area contributed by atoms with Crippen molar-refractivity contribution < 1.29 is 14.7 Å². The van der Waals surface area contributed by atoms with Gasteiger partial charge in [-0.25, -0.2) is 4.98 Å². The average Bonchev–Trinajstić information content (AvgIpc) is 3.27. The second kappa shape index (κ2) is 8.63. The number of nitrogens with zero attached hydrogens (tertiary/aromatic N) is 3. The van der Waals surface area contributed by atoms with Crippen molar-refractivity contribution in [2.45, 2.75) is 52.6 Å². The van der Waals surface area contributed by atoms with Crippen LogP contribution < -0.4 is 0 Å². The van der Waals surface area contributed by atoms with E-state index in [0.717, 1.165) is 33.0 Å². The van der Waals surface area contributed by atoms with E-state index >= 15 is 0 Å². The van der Waals surface area contributed by atoms with Crippen molar-refractivity contribution in [3.8, 4) is 0 Å². The number of carbonyl (C=O) groups excluding carboxylic acids is 1. The molecule has 6 nitrogen and oxygen atoms in total. The number of rotatable bonds is 7. The van der Waals surface area contributed by atoms with Crippen molar-refractivity contribution in [2.75, 3.05) is 6.54 Å². The van der Waals surface area contributed by atoms with Crippen LogP contribution in [-0.4, -0.2) is 38.0 Å². The van der Waals surface area contributed by atoms with E-state index in [1.54, 1.807) is 17.5 Å². The Balaban J connectivity index is 1.56. The van der Waals surface area contributed by atoms with Crippen molar-refractivity contribution in [2.24, 2.45) is 5.41 Å². The highest BCUT2D eigenvalue weighted by atomic mass is 35.5. The van der Waals surface area contributed by atoms with Gasteiger partial charge in [-0.3, -0.25) is 9.59 Å². The molecule has 4 heterocycles. The van der Waals surface area contributed by atoms with Gasteiger partial charge in [0.05, 0.1) is 24.5 Å². The summed E-state index contributed by atoms with van der Waals surface area (Å²) in [4.78, 5) is 31.7. The van der Waals surface area contributed by atoms with Crippen LogP contribution in [-0.2, 0) is 29.1 Å². The number of thiophene rings is 1. The van der Waals surface area contributed by atoms with Crippen LogP contribution in [0.25, 0.3) is 11.0 Å². The van der Waals surface area contributed by atoms with Crippen LogP contribution in [0.3, 0.4) is 0 Å². The van der Waals surface area contributed by atoms with Gasteiger partial charge in [-0.1, -0.05) is 25.4 Å². The van der Waals surface area contributed by atoms with E-state index < -0.39 is 11.4 Å². The molecule has 8 heteroatoms. The van der Waals surface area contributed by atoms with Crippen LogP contribution in [0.4, 0.5) is 0 Å². The molecule has 1 amide bonds. The molecule has 3 aromatic heterocycles. The minimum Gasteiger partial charge on any atom is -0.481 e. The highest BCUT2D eigenvalue weighted by molar-refractivity contribution is 7.10. The summed E-state index contributed by atoms with van der Waals surface area (Å²) in [7, 11) is 0. The van der Waals surface area contributed by atoms with E-state index in [2.05, 4.69) is 15.6 Å². The fourth-order valence-corrected chi connectivity index (χ4v) is 5.40. The number of hydrogen-bond donors (Lipinski definition) is 1. The van der Waals surface area contributed by atoms with E-state index in [1.807, 2.05) is 36.3 Å². The monoisotopic (exact) mass is 459 g/mol. The van der Waals surface area contributed by atoms with Gasteiger partial charge in [0.25, 0.3) is 0 Å². The lowest BCUT2D eigenvalue weighted by molar-refractivity contribution is -0.140. The first kappa shape index (κ1) is 21.8. The van der Waals surface area contributed by atoms with Gasteiger partial charge in [0.2, 0.25) is 5.91 Å². The first-order valence-corrected chi connectivity index (χ1v) is 11.7. The highest BCUT2D eigenvalue weighted by Gasteiger charge is 2.29. The van der Waals surface area contributed by atoms with Gasteiger partial charge in [0.15, 0.2) is 0 Å². The Kier molecular flexibility index (Phi) is 6.08. The van der Waals surface area contributed by atoms with Crippen LogP contribution in [0, 0.1) is 5.41 Å². The summed E-state index contributed by atoms with van der Waals surface area (Å²) in [5.74, 6) is -0.751. The number of carboxylic acids is 1. The van der Waals surface area contributed by atoms with Crippen molar-refractivity contribution in [1.82, 2.24) is 14.5 Å². The Labute approximate surface area is 190 Å². The van der Waals surface area contributed by atoms with Crippen LogP contribution in [0.2, 0.25) is 5.02 Å². The Bertz CT molecular complexity index is 1130. The molecule has 0 saturated heterocycles. The van der Waals surface area contributed by atoms with Crippen molar-refractivity contribution in [1.29, 1.82) is 0 Å². The highest BCUT2D eigenvalue weighted by Crippen LogP contribution is 2.33. The molecule has 1 aliphatic rings. The maximum absolute atomic E-state index is 13.0. The van der Waals surface area contributed by atoms with E-state index in [9.17, 15) is 9.59 Å². The van der Waals surface area contributed by atoms with Crippen LogP contribution in [0.15, 0.2) is 29.8 Å². The number of carboxylic acid groups (broad SMARTS) is 1. The van der Waals surface area contributed by atoms with Gasteiger partial charge >= 0.3 is 5.97 Å². The zero-order valence-electron chi connectivity index (χ0n) is 17.7. The van der Waals surface area contributed by atoms with Gasteiger partial charge in [-0.15, -0.1) is 11.3 Å². The zero-order chi connectivity index (χ0) is 22.2. The lowest BCUT2D eigenvalue weighted by Gasteiger charge is -2.30. The number of aromatic nitrogens is 2. The summed E-state index contributed by atoms with van der Waals surface area (Å²) in [6, 6.07) is 6.03. The van der Waals surface area contributed by atoms with Crippen LogP contribution >= 0.6 is 22.9 Å². The first-order chi connectivity index (χ1) is 14.7. The molecule has 4 rings (SSSR count). The molecule has 164 valence electrons. The lowest BCUT2D eigenvalue weighted by Crippen LogP contribution is -2.37. The second-order valence-corrected chi connectivity index (χ2v) is 10.3. The van der Waals surface area contributed by atoms with Gasteiger partial charge in [-0.2, -0.15) is 0 Å². The summed E-state index contributed by atoms with van der Waals surface area (Å²) in [5, 5.41) is 12.9. The van der Waals surface area contributed by atoms with E-state index in [0.29, 0.717) is 32.5 Å². The molecule has 0 atom stereocenters. The number of carbonyl (C=O) groups is 2. The summed E-state index contributed by atoms with van der Waals surface area (Å²) in [6.07, 6.45) is 3.57. The third kappa shape index (κ3) is 4.77. The predicted molar refractivity (Wildman–Crippen MR) is 123 cm³/mol. The molecule has 1 N–H and O–H groups in total. The normalized spacial score (nSPS) is 14.1. The third-order valence-electron chi connectivity index (χ3n) is 5.95. The molecule has 1 aliphatic heterocycles. The number of pyridine rings is 1. The van der Waals surface area contributed by atoms with Crippen LogP contribution in [0.5, 0.6) is 0 Å². The van der Waals surface area contributed by atoms with Gasteiger partial charge in [-0.05, 0) is 42.0 Å². The van der Waals surface area contributed by atoms with Crippen molar-refractivity contribution in [3.05, 3.63) is 50.9 Å². The molecule has 0 aromatic carbocycles. The largest absolute Gasteiger partial charge is 0.481 e. The second-order valence-electron chi connectivity index (χ2n) is 8.92. The topological polar surface area (TPSA) is 75.4 Å². The molecule has 0 spiro atoms. The SMILES string of the molecule is CC(C)(CCC(=O)N1CCc2c(n(Cc3cc(Cl)cs3)c3ncccc23)C1)CC(=O)O. The molecule has 0 bridgehead atoms. The number of halogens is 1. The summed E-state index contributed by atoms with van der Waals surface area (Å²) >= 11 is 7.75. The fraction of sp³-hybridized carbons (Fsp3) is 0.435. The lowest BCUT2D eigenvalue weighted by atomic mass is 9.84. The van der Waals surface area contributed by atoms with Crippen molar-refractivity contribution >= 4 is 45.8 Å². The fourth-order valence-electron chi connectivity index (χ4n) is 4.34. The van der Waals surface area contributed by atoms with Gasteiger partial charge in [0.1, 0.15) is 5.65 Å². The van der Waals surface area contributed by atoms with Gasteiger partial charge < -0.3 is 14.6 Å². The molecular weight excluding hydrogens is 434 g/mol. The Hall–Kier alpha value is -2.38. The Morgan fingerprint density at radius 2 is 2.16 bits per heavy atom. The minimum atomic E-state index is -0.828. The molecular formula is C23H26ClN3O3S. The van der Waals surface area contributed by atoms with Crippen LogP contribution in [0.1, 0.15) is 49.2 Å². The Morgan fingerprint density at radius 3 is 2.87 bits per heavy atom. The molecule has 0 saturated carbocycles. The summed E-state index contributed by atoms with van der Waals surface area (Å²) in [6.45, 7) is 5.69. The standard InChI is InChI=1S/C23H26ClN3O3S/c1-23(2,11-21(29)30)7-5-20(28)26-9-6-17-18-4-3-8-25-22(18)27(19(17)13-26)12-16-10-15(24)14-31-16/h3-4,8,10,14H,5-7,9,11-13H2,1-2H3,(H,29,30). The average molecular weight is 460 g/mol. The van der Waals surface area contributed by atoms with Gasteiger partial charge in [0, 0.05) is 40.5 Å². The Morgan fingerprint density at radius 1 is 1.35 bits per heavy atom. The van der Waals surface area contributed by atoms with E-state index in [1.165, 1.54) is 5.56 Å². The summed E-state index contributed by atoms with van der Waals surface area (Å²) in [5.41, 5.74) is 2.93. The number of amides is 1. The quantitative estimate of drug-likeness (QED) is 0.541. The van der Waals surface area contributed by atoms with E-state index in [4.69, 9.17) is 16.7 Å².